The molecular weight excluding hydrogens is 278 g/mol. The van der Waals surface area contributed by atoms with Gasteiger partial charge in [0.1, 0.15) is 0 Å². The monoisotopic (exact) mass is 299 g/mol. The van der Waals surface area contributed by atoms with Gasteiger partial charge in [0, 0.05) is 30.5 Å². The van der Waals surface area contributed by atoms with Gasteiger partial charge in [0.05, 0.1) is 11.7 Å². The van der Waals surface area contributed by atoms with Gasteiger partial charge in [-0.3, -0.25) is 4.79 Å². The SMILES string of the molecule is CC[C@@H]1c2cccn2CCN1C(=O)c1onc2c1CCCC2. The van der Waals surface area contributed by atoms with Crippen molar-refractivity contribution in [3.8, 4) is 0 Å². The first kappa shape index (κ1) is 13.6. The number of amides is 1. The lowest BCUT2D eigenvalue weighted by molar-refractivity contribution is 0.0574. The van der Waals surface area contributed by atoms with Gasteiger partial charge in [0.25, 0.3) is 5.91 Å². The fourth-order valence-electron chi connectivity index (χ4n) is 3.83. The molecular formula is C17H21N3O2. The third kappa shape index (κ3) is 1.99. The Morgan fingerprint density at radius 3 is 3.09 bits per heavy atom. The van der Waals surface area contributed by atoms with Crippen molar-refractivity contribution < 1.29 is 9.32 Å². The minimum absolute atomic E-state index is 0.00921. The molecule has 0 saturated heterocycles. The van der Waals surface area contributed by atoms with Crippen LogP contribution in [0.4, 0.5) is 0 Å². The quantitative estimate of drug-likeness (QED) is 0.856. The lowest BCUT2D eigenvalue weighted by atomic mass is 9.95. The molecule has 1 aliphatic carbocycles. The highest BCUT2D eigenvalue weighted by Crippen LogP contribution is 2.32. The molecule has 1 amide bonds. The number of hydrogen-bond donors (Lipinski definition) is 0. The molecule has 2 aromatic heterocycles. The molecule has 3 heterocycles. The van der Waals surface area contributed by atoms with Crippen molar-refractivity contribution in [2.75, 3.05) is 6.54 Å². The Hall–Kier alpha value is -2.04. The molecule has 0 bridgehead atoms. The van der Waals surface area contributed by atoms with E-state index in [4.69, 9.17) is 4.52 Å². The summed E-state index contributed by atoms with van der Waals surface area (Å²) >= 11 is 0. The van der Waals surface area contributed by atoms with Crippen LogP contribution in [-0.4, -0.2) is 27.1 Å². The van der Waals surface area contributed by atoms with Crippen LogP contribution < -0.4 is 0 Å². The van der Waals surface area contributed by atoms with Crippen molar-refractivity contribution in [3.05, 3.63) is 41.0 Å². The minimum Gasteiger partial charge on any atom is -0.350 e. The van der Waals surface area contributed by atoms with Gasteiger partial charge in [-0.05, 0) is 44.2 Å². The van der Waals surface area contributed by atoms with E-state index in [-0.39, 0.29) is 11.9 Å². The molecule has 4 rings (SSSR count). The first-order valence-electron chi connectivity index (χ1n) is 8.23. The number of fused-ring (bicyclic) bond motifs is 2. The van der Waals surface area contributed by atoms with E-state index in [1.54, 1.807) is 0 Å². The molecule has 2 aromatic rings. The molecule has 116 valence electrons. The van der Waals surface area contributed by atoms with Crippen LogP contribution in [0.5, 0.6) is 0 Å². The highest BCUT2D eigenvalue weighted by Gasteiger charge is 2.34. The zero-order chi connectivity index (χ0) is 15.1. The van der Waals surface area contributed by atoms with Crippen LogP contribution in [0.2, 0.25) is 0 Å². The van der Waals surface area contributed by atoms with E-state index in [1.807, 2.05) is 4.90 Å². The van der Waals surface area contributed by atoms with Gasteiger partial charge >= 0.3 is 0 Å². The molecule has 0 N–H and O–H groups in total. The summed E-state index contributed by atoms with van der Waals surface area (Å²) in [5, 5.41) is 4.13. The predicted octanol–water partition coefficient (Wildman–Crippen LogP) is 2.96. The van der Waals surface area contributed by atoms with E-state index in [1.165, 1.54) is 5.69 Å². The fourth-order valence-corrected chi connectivity index (χ4v) is 3.83. The van der Waals surface area contributed by atoms with E-state index in [9.17, 15) is 4.79 Å². The van der Waals surface area contributed by atoms with E-state index in [0.717, 1.165) is 56.5 Å². The maximum Gasteiger partial charge on any atom is 0.293 e. The van der Waals surface area contributed by atoms with Gasteiger partial charge in [-0.2, -0.15) is 0 Å². The van der Waals surface area contributed by atoms with Crippen LogP contribution in [0, 0.1) is 0 Å². The molecule has 0 spiro atoms. The summed E-state index contributed by atoms with van der Waals surface area (Å²) in [5.41, 5.74) is 3.26. The van der Waals surface area contributed by atoms with E-state index in [0.29, 0.717) is 5.76 Å². The van der Waals surface area contributed by atoms with Crippen molar-refractivity contribution in [1.29, 1.82) is 0 Å². The molecule has 0 fully saturated rings. The lowest BCUT2D eigenvalue weighted by Crippen LogP contribution is -2.41. The smallest absolute Gasteiger partial charge is 0.293 e. The number of carbonyl (C=O) groups excluding carboxylic acids is 1. The molecule has 2 aliphatic rings. The van der Waals surface area contributed by atoms with E-state index >= 15 is 0 Å². The summed E-state index contributed by atoms with van der Waals surface area (Å²) in [4.78, 5) is 15.0. The van der Waals surface area contributed by atoms with Crippen LogP contribution in [0.25, 0.3) is 0 Å². The van der Waals surface area contributed by atoms with Crippen molar-refractivity contribution in [2.24, 2.45) is 0 Å². The van der Waals surface area contributed by atoms with Gasteiger partial charge < -0.3 is 14.0 Å². The largest absolute Gasteiger partial charge is 0.350 e. The van der Waals surface area contributed by atoms with E-state index in [2.05, 4.69) is 35.0 Å². The molecule has 1 atom stereocenters. The fraction of sp³-hybridized carbons (Fsp3) is 0.529. The number of aromatic nitrogens is 2. The Kier molecular flexibility index (Phi) is 3.28. The molecule has 0 saturated carbocycles. The second-order valence-electron chi connectivity index (χ2n) is 6.19. The zero-order valence-electron chi connectivity index (χ0n) is 12.9. The molecule has 0 radical (unpaired) electrons. The van der Waals surface area contributed by atoms with Crippen LogP contribution in [0.3, 0.4) is 0 Å². The summed E-state index contributed by atoms with van der Waals surface area (Å²) < 4.78 is 7.69. The molecule has 1 aliphatic heterocycles. The Morgan fingerprint density at radius 2 is 2.23 bits per heavy atom. The molecule has 0 unspecified atom stereocenters. The average Bonchev–Trinajstić information content (AvgIpc) is 3.19. The van der Waals surface area contributed by atoms with Crippen molar-refractivity contribution in [1.82, 2.24) is 14.6 Å². The first-order valence-corrected chi connectivity index (χ1v) is 8.23. The number of hydrogen-bond acceptors (Lipinski definition) is 3. The summed E-state index contributed by atoms with van der Waals surface area (Å²) in [5.74, 6) is 0.489. The Labute approximate surface area is 129 Å². The van der Waals surface area contributed by atoms with Gasteiger partial charge in [0.15, 0.2) is 0 Å². The van der Waals surface area contributed by atoms with Gasteiger partial charge in [-0.25, -0.2) is 0 Å². The Balaban J connectivity index is 1.67. The summed E-state index contributed by atoms with van der Waals surface area (Å²) in [7, 11) is 0. The van der Waals surface area contributed by atoms with Gasteiger partial charge in [0.2, 0.25) is 5.76 Å². The van der Waals surface area contributed by atoms with Crippen LogP contribution >= 0.6 is 0 Å². The maximum absolute atomic E-state index is 13.0. The summed E-state index contributed by atoms with van der Waals surface area (Å²) in [6, 6.07) is 4.30. The number of nitrogens with zero attached hydrogens (tertiary/aromatic N) is 3. The average molecular weight is 299 g/mol. The summed E-state index contributed by atoms with van der Waals surface area (Å²) in [6.07, 6.45) is 7.12. The van der Waals surface area contributed by atoms with Crippen molar-refractivity contribution in [2.45, 2.75) is 51.6 Å². The van der Waals surface area contributed by atoms with E-state index < -0.39 is 0 Å². The second kappa shape index (κ2) is 5.30. The standard InChI is InChI=1S/C17H21N3O2/c1-2-14-15-8-5-9-19(15)10-11-20(14)17(21)16-12-6-3-4-7-13(12)18-22-16/h5,8-9,14H,2-4,6-7,10-11H2,1H3/t14-/m1/s1. The van der Waals surface area contributed by atoms with Crippen molar-refractivity contribution >= 4 is 5.91 Å². The molecule has 5 heteroatoms. The number of carbonyl (C=O) groups is 1. The normalized spacial score (nSPS) is 20.6. The maximum atomic E-state index is 13.0. The Bertz CT molecular complexity index is 701. The minimum atomic E-state index is 0.00921. The first-order chi connectivity index (χ1) is 10.8. The van der Waals surface area contributed by atoms with Crippen LogP contribution in [0.1, 0.15) is 59.7 Å². The van der Waals surface area contributed by atoms with Gasteiger partial charge in [-0.1, -0.05) is 12.1 Å². The Morgan fingerprint density at radius 1 is 1.36 bits per heavy atom. The molecule has 22 heavy (non-hydrogen) atoms. The predicted molar refractivity (Wildman–Crippen MR) is 81.6 cm³/mol. The summed E-state index contributed by atoms with van der Waals surface area (Å²) in [6.45, 7) is 3.71. The van der Waals surface area contributed by atoms with Gasteiger partial charge in [-0.15, -0.1) is 0 Å². The molecule has 0 aromatic carbocycles. The lowest BCUT2D eigenvalue weighted by Gasteiger charge is -2.36. The third-order valence-corrected chi connectivity index (χ3v) is 4.97. The van der Waals surface area contributed by atoms with Crippen LogP contribution in [-0.2, 0) is 19.4 Å². The van der Waals surface area contributed by atoms with Crippen LogP contribution in [0.15, 0.2) is 22.9 Å². The highest BCUT2D eigenvalue weighted by molar-refractivity contribution is 5.93. The third-order valence-electron chi connectivity index (χ3n) is 4.97. The number of aryl methyl sites for hydroxylation is 1. The number of rotatable bonds is 2. The zero-order valence-corrected chi connectivity index (χ0v) is 12.9. The highest BCUT2D eigenvalue weighted by atomic mass is 16.5. The topological polar surface area (TPSA) is 51.3 Å². The molecule has 5 nitrogen and oxygen atoms in total. The second-order valence-corrected chi connectivity index (χ2v) is 6.19. The van der Waals surface area contributed by atoms with Crippen molar-refractivity contribution in [3.63, 3.8) is 0 Å².